The molecule has 3 nitrogen and oxygen atoms in total. The van der Waals surface area contributed by atoms with E-state index >= 15 is 0 Å². The molecule has 68 valence electrons. The summed E-state index contributed by atoms with van der Waals surface area (Å²) in [7, 11) is 0. The van der Waals surface area contributed by atoms with Gasteiger partial charge in [0.1, 0.15) is 6.10 Å². The quantitative estimate of drug-likeness (QED) is 0.613. The molecule has 1 aromatic rings. The molecule has 0 spiro atoms. The summed E-state index contributed by atoms with van der Waals surface area (Å²) >= 11 is 0. The standard InChI is InChI=1S/C10H11NO2/c1-7-2-3-8(6-11-7)9-4-5-10(12)13-9/h2-3,6,9H,4-5H2,1H3. The first-order valence-corrected chi connectivity index (χ1v) is 4.38. The molecule has 1 aliphatic rings. The fraction of sp³-hybridized carbons (Fsp3) is 0.400. The van der Waals surface area contributed by atoms with Gasteiger partial charge in [0.25, 0.3) is 0 Å². The lowest BCUT2D eigenvalue weighted by atomic mass is 10.1. The third-order valence-corrected chi connectivity index (χ3v) is 2.19. The van der Waals surface area contributed by atoms with Crippen molar-refractivity contribution in [3.8, 4) is 0 Å². The van der Waals surface area contributed by atoms with Crippen LogP contribution in [0.15, 0.2) is 18.3 Å². The van der Waals surface area contributed by atoms with Gasteiger partial charge in [0.05, 0.1) is 0 Å². The van der Waals surface area contributed by atoms with Gasteiger partial charge in [0.2, 0.25) is 0 Å². The van der Waals surface area contributed by atoms with Crippen LogP contribution in [-0.2, 0) is 9.53 Å². The average molecular weight is 177 g/mol. The number of rotatable bonds is 1. The van der Waals surface area contributed by atoms with E-state index in [1.165, 1.54) is 0 Å². The monoisotopic (exact) mass is 177 g/mol. The second-order valence-electron chi connectivity index (χ2n) is 3.25. The fourth-order valence-electron chi connectivity index (χ4n) is 1.43. The molecule has 2 heterocycles. The lowest BCUT2D eigenvalue weighted by Crippen LogP contribution is -1.99. The van der Waals surface area contributed by atoms with E-state index in [1.807, 2.05) is 19.1 Å². The van der Waals surface area contributed by atoms with Crippen LogP contribution in [0.25, 0.3) is 0 Å². The zero-order valence-electron chi connectivity index (χ0n) is 7.49. The van der Waals surface area contributed by atoms with Gasteiger partial charge >= 0.3 is 5.97 Å². The lowest BCUT2D eigenvalue weighted by molar-refractivity contribution is -0.141. The number of nitrogens with zero attached hydrogens (tertiary/aromatic N) is 1. The molecule has 1 fully saturated rings. The van der Waals surface area contributed by atoms with Gasteiger partial charge in [-0.1, -0.05) is 6.07 Å². The molecule has 0 amide bonds. The van der Waals surface area contributed by atoms with E-state index in [1.54, 1.807) is 6.20 Å². The Kier molecular flexibility index (Phi) is 2.00. The SMILES string of the molecule is Cc1ccc(C2CCC(=O)O2)cn1. The Bertz CT molecular complexity index is 318. The molecule has 13 heavy (non-hydrogen) atoms. The van der Waals surface area contributed by atoms with E-state index in [0.717, 1.165) is 17.7 Å². The molecule has 0 aliphatic carbocycles. The summed E-state index contributed by atoms with van der Waals surface area (Å²) in [5.74, 6) is -0.106. The van der Waals surface area contributed by atoms with Gasteiger partial charge in [0.15, 0.2) is 0 Å². The van der Waals surface area contributed by atoms with Gasteiger partial charge in [-0.15, -0.1) is 0 Å². The molecule has 1 unspecified atom stereocenters. The maximum atomic E-state index is 10.9. The Balaban J connectivity index is 2.17. The predicted molar refractivity (Wildman–Crippen MR) is 47.0 cm³/mol. The van der Waals surface area contributed by atoms with Gasteiger partial charge in [-0.05, 0) is 19.4 Å². The number of carbonyl (C=O) groups excluding carboxylic acids is 1. The fourth-order valence-corrected chi connectivity index (χ4v) is 1.43. The van der Waals surface area contributed by atoms with Crippen molar-refractivity contribution >= 4 is 5.97 Å². The Morgan fingerprint density at radius 1 is 1.54 bits per heavy atom. The molecular weight excluding hydrogens is 166 g/mol. The molecule has 1 saturated heterocycles. The number of hydrogen-bond acceptors (Lipinski definition) is 3. The second-order valence-corrected chi connectivity index (χ2v) is 3.25. The number of ether oxygens (including phenoxy) is 1. The molecule has 2 rings (SSSR count). The van der Waals surface area contributed by atoms with Crippen LogP contribution in [0.2, 0.25) is 0 Å². The first-order valence-electron chi connectivity index (χ1n) is 4.38. The van der Waals surface area contributed by atoms with Crippen LogP contribution in [-0.4, -0.2) is 11.0 Å². The molecule has 3 heteroatoms. The van der Waals surface area contributed by atoms with Crippen LogP contribution in [0.5, 0.6) is 0 Å². The number of esters is 1. The zero-order chi connectivity index (χ0) is 9.26. The van der Waals surface area contributed by atoms with Crippen molar-refractivity contribution in [2.24, 2.45) is 0 Å². The molecular formula is C10H11NO2. The van der Waals surface area contributed by atoms with Crippen LogP contribution in [0, 0.1) is 6.92 Å². The first kappa shape index (κ1) is 8.23. The van der Waals surface area contributed by atoms with E-state index in [2.05, 4.69) is 4.98 Å². The number of aromatic nitrogens is 1. The average Bonchev–Trinajstić information content (AvgIpc) is 2.53. The third-order valence-electron chi connectivity index (χ3n) is 2.19. The smallest absolute Gasteiger partial charge is 0.306 e. The second kappa shape index (κ2) is 3.17. The Hall–Kier alpha value is -1.38. The van der Waals surface area contributed by atoms with Crippen LogP contribution in [0.1, 0.15) is 30.2 Å². The predicted octanol–water partition coefficient (Wildman–Crippen LogP) is 1.77. The third kappa shape index (κ3) is 1.69. The molecule has 0 saturated carbocycles. The minimum atomic E-state index is -0.106. The molecule has 1 aromatic heterocycles. The minimum absolute atomic E-state index is 0.0689. The van der Waals surface area contributed by atoms with Crippen molar-refractivity contribution in [3.05, 3.63) is 29.6 Å². The van der Waals surface area contributed by atoms with Gasteiger partial charge < -0.3 is 4.74 Å². The van der Waals surface area contributed by atoms with E-state index < -0.39 is 0 Å². The van der Waals surface area contributed by atoms with Crippen molar-refractivity contribution in [1.82, 2.24) is 4.98 Å². The lowest BCUT2D eigenvalue weighted by Gasteiger charge is -2.08. The van der Waals surface area contributed by atoms with E-state index in [-0.39, 0.29) is 12.1 Å². The van der Waals surface area contributed by atoms with Crippen LogP contribution >= 0.6 is 0 Å². The Morgan fingerprint density at radius 3 is 2.92 bits per heavy atom. The maximum absolute atomic E-state index is 10.9. The molecule has 1 atom stereocenters. The van der Waals surface area contributed by atoms with E-state index in [0.29, 0.717) is 6.42 Å². The summed E-state index contributed by atoms with van der Waals surface area (Å²) in [4.78, 5) is 15.0. The van der Waals surface area contributed by atoms with Crippen molar-refractivity contribution in [3.63, 3.8) is 0 Å². The van der Waals surface area contributed by atoms with Crippen molar-refractivity contribution in [2.45, 2.75) is 25.9 Å². The Morgan fingerprint density at radius 2 is 2.38 bits per heavy atom. The highest BCUT2D eigenvalue weighted by Gasteiger charge is 2.24. The van der Waals surface area contributed by atoms with Gasteiger partial charge in [0, 0.05) is 23.9 Å². The number of carbonyl (C=O) groups is 1. The summed E-state index contributed by atoms with van der Waals surface area (Å²) in [5.41, 5.74) is 1.98. The van der Waals surface area contributed by atoms with Crippen LogP contribution in [0.4, 0.5) is 0 Å². The molecule has 1 aliphatic heterocycles. The van der Waals surface area contributed by atoms with Gasteiger partial charge in [-0.2, -0.15) is 0 Å². The highest BCUT2D eigenvalue weighted by atomic mass is 16.5. The number of aryl methyl sites for hydroxylation is 1. The highest BCUT2D eigenvalue weighted by Crippen LogP contribution is 2.28. The number of hydrogen-bond donors (Lipinski definition) is 0. The van der Waals surface area contributed by atoms with E-state index in [9.17, 15) is 4.79 Å². The number of pyridine rings is 1. The van der Waals surface area contributed by atoms with Crippen molar-refractivity contribution in [2.75, 3.05) is 0 Å². The first-order chi connectivity index (χ1) is 6.25. The number of cyclic esters (lactones) is 1. The molecule has 0 bridgehead atoms. The summed E-state index contributed by atoms with van der Waals surface area (Å²) < 4.78 is 5.11. The summed E-state index contributed by atoms with van der Waals surface area (Å²) in [6, 6.07) is 3.90. The summed E-state index contributed by atoms with van der Waals surface area (Å²) in [5, 5.41) is 0. The summed E-state index contributed by atoms with van der Waals surface area (Å²) in [6.45, 7) is 1.93. The summed E-state index contributed by atoms with van der Waals surface area (Å²) in [6.07, 6.45) is 3.02. The molecule has 0 radical (unpaired) electrons. The minimum Gasteiger partial charge on any atom is -0.457 e. The van der Waals surface area contributed by atoms with Crippen molar-refractivity contribution < 1.29 is 9.53 Å². The largest absolute Gasteiger partial charge is 0.457 e. The maximum Gasteiger partial charge on any atom is 0.306 e. The van der Waals surface area contributed by atoms with Gasteiger partial charge in [-0.25, -0.2) is 0 Å². The topological polar surface area (TPSA) is 39.2 Å². The van der Waals surface area contributed by atoms with E-state index in [4.69, 9.17) is 4.74 Å². The van der Waals surface area contributed by atoms with Crippen molar-refractivity contribution in [1.29, 1.82) is 0 Å². The van der Waals surface area contributed by atoms with Crippen LogP contribution < -0.4 is 0 Å². The zero-order valence-corrected chi connectivity index (χ0v) is 7.49. The Labute approximate surface area is 76.7 Å². The normalized spacial score (nSPS) is 21.6. The molecule has 0 N–H and O–H groups in total. The van der Waals surface area contributed by atoms with Crippen LogP contribution in [0.3, 0.4) is 0 Å². The highest BCUT2D eigenvalue weighted by molar-refractivity contribution is 5.71. The van der Waals surface area contributed by atoms with Gasteiger partial charge in [-0.3, -0.25) is 9.78 Å². The molecule has 0 aromatic carbocycles.